The van der Waals surface area contributed by atoms with Crippen molar-refractivity contribution in [1.82, 2.24) is 4.98 Å². The van der Waals surface area contributed by atoms with Crippen molar-refractivity contribution in [3.8, 4) is 0 Å². The normalized spacial score (nSPS) is 10.6. The van der Waals surface area contributed by atoms with Gasteiger partial charge in [-0.05, 0) is 22.6 Å². The molecule has 0 aliphatic carbocycles. The van der Waals surface area contributed by atoms with E-state index in [9.17, 15) is 18.4 Å². The van der Waals surface area contributed by atoms with Gasteiger partial charge in [-0.15, -0.1) is 0 Å². The largest absolute Gasteiger partial charge is 0.478 e. The number of hydrogen-bond donors (Lipinski definition) is 2. The molecule has 0 amide bonds. The molecule has 0 aliphatic rings. The zero-order chi connectivity index (χ0) is 10.9. The summed E-state index contributed by atoms with van der Waals surface area (Å²) in [6, 6.07) is 0. The second-order valence-corrected chi connectivity index (χ2v) is 3.44. The summed E-state index contributed by atoms with van der Waals surface area (Å²) in [5.41, 5.74) is -2.03. The van der Waals surface area contributed by atoms with E-state index in [4.69, 9.17) is 5.11 Å². The maximum absolute atomic E-state index is 12.4. The zero-order valence-electron chi connectivity index (χ0n) is 6.55. The van der Waals surface area contributed by atoms with E-state index in [1.54, 1.807) is 0 Å². The zero-order valence-corrected chi connectivity index (χ0v) is 8.71. The van der Waals surface area contributed by atoms with Crippen LogP contribution in [0.1, 0.15) is 22.3 Å². The summed E-state index contributed by atoms with van der Waals surface area (Å²) < 4.78 is 24.5. The molecule has 1 heterocycles. The van der Waals surface area contributed by atoms with Gasteiger partial charge in [-0.1, -0.05) is 0 Å². The summed E-state index contributed by atoms with van der Waals surface area (Å²) in [4.78, 5) is 23.5. The minimum atomic E-state index is -2.98. The number of nitrogens with one attached hydrogen (secondary N) is 1. The fraction of sp³-hybridized carbons (Fsp3) is 0.143. The standard InChI is InChI=1S/C7H4F2INO3/c8-5(9)3-2(7(13)14)1-11-6(12)4(3)10/h1,5H,(H,11,12)(H,13,14). The number of hydrogen-bond acceptors (Lipinski definition) is 2. The number of aromatic amines is 1. The number of carboxylic acid groups (broad SMARTS) is 1. The summed E-state index contributed by atoms with van der Waals surface area (Å²) in [5.74, 6) is -1.49. The molecule has 0 unspecified atom stereocenters. The van der Waals surface area contributed by atoms with E-state index in [1.165, 1.54) is 22.6 Å². The summed E-state index contributed by atoms with van der Waals surface area (Å²) in [6.45, 7) is 0. The maximum Gasteiger partial charge on any atom is 0.337 e. The predicted octanol–water partition coefficient (Wildman–Crippen LogP) is 1.62. The fourth-order valence-electron chi connectivity index (χ4n) is 0.910. The van der Waals surface area contributed by atoms with Crippen LogP contribution in [-0.2, 0) is 0 Å². The lowest BCUT2D eigenvalue weighted by Crippen LogP contribution is -2.17. The van der Waals surface area contributed by atoms with Crippen molar-refractivity contribution in [2.75, 3.05) is 0 Å². The van der Waals surface area contributed by atoms with Crippen molar-refractivity contribution in [3.63, 3.8) is 0 Å². The third-order valence-corrected chi connectivity index (χ3v) is 2.59. The lowest BCUT2D eigenvalue weighted by molar-refractivity contribution is 0.0683. The summed E-state index contributed by atoms with van der Waals surface area (Å²) in [7, 11) is 0. The second-order valence-electron chi connectivity index (χ2n) is 2.36. The van der Waals surface area contributed by atoms with Gasteiger partial charge in [0.05, 0.1) is 14.7 Å². The first-order valence-corrected chi connectivity index (χ1v) is 4.45. The van der Waals surface area contributed by atoms with Crippen molar-refractivity contribution in [1.29, 1.82) is 0 Å². The Kier molecular flexibility index (Phi) is 3.19. The first-order valence-electron chi connectivity index (χ1n) is 3.37. The van der Waals surface area contributed by atoms with E-state index in [2.05, 4.69) is 4.98 Å². The molecule has 14 heavy (non-hydrogen) atoms. The van der Waals surface area contributed by atoms with Crippen molar-refractivity contribution in [2.24, 2.45) is 0 Å². The van der Waals surface area contributed by atoms with Crippen LogP contribution in [0, 0.1) is 3.57 Å². The van der Waals surface area contributed by atoms with Crippen LogP contribution in [0.15, 0.2) is 11.0 Å². The molecule has 0 aromatic carbocycles. The number of carboxylic acids is 1. The van der Waals surface area contributed by atoms with E-state index >= 15 is 0 Å². The Morgan fingerprint density at radius 3 is 2.57 bits per heavy atom. The van der Waals surface area contributed by atoms with Gasteiger partial charge in [0.25, 0.3) is 12.0 Å². The molecular formula is C7H4F2INO3. The van der Waals surface area contributed by atoms with Crippen LogP contribution < -0.4 is 5.56 Å². The van der Waals surface area contributed by atoms with Crippen LogP contribution in [0.4, 0.5) is 8.78 Å². The highest BCUT2D eigenvalue weighted by molar-refractivity contribution is 14.1. The van der Waals surface area contributed by atoms with Crippen LogP contribution in [0.25, 0.3) is 0 Å². The monoisotopic (exact) mass is 315 g/mol. The molecule has 0 saturated heterocycles. The molecule has 1 aromatic rings. The number of aromatic nitrogens is 1. The van der Waals surface area contributed by atoms with E-state index in [0.717, 1.165) is 6.20 Å². The number of halogens is 3. The lowest BCUT2D eigenvalue weighted by atomic mass is 10.1. The second kappa shape index (κ2) is 4.03. The van der Waals surface area contributed by atoms with Gasteiger partial charge in [-0.25, -0.2) is 13.6 Å². The van der Waals surface area contributed by atoms with Crippen molar-refractivity contribution in [2.45, 2.75) is 6.43 Å². The molecule has 1 rings (SSSR count). The SMILES string of the molecule is O=C(O)c1c[nH]c(=O)c(I)c1C(F)F. The molecule has 0 fully saturated rings. The Morgan fingerprint density at radius 1 is 1.57 bits per heavy atom. The Labute approximate surface area is 90.1 Å². The van der Waals surface area contributed by atoms with Gasteiger partial charge >= 0.3 is 5.97 Å². The van der Waals surface area contributed by atoms with Crippen molar-refractivity contribution < 1.29 is 18.7 Å². The average molecular weight is 315 g/mol. The van der Waals surface area contributed by atoms with Gasteiger partial charge in [0.15, 0.2) is 0 Å². The first-order chi connectivity index (χ1) is 6.45. The smallest absolute Gasteiger partial charge is 0.337 e. The number of aromatic carboxylic acids is 1. The van der Waals surface area contributed by atoms with E-state index < -0.39 is 29.1 Å². The molecule has 2 N–H and O–H groups in total. The van der Waals surface area contributed by atoms with Crippen LogP contribution in [0.5, 0.6) is 0 Å². The quantitative estimate of drug-likeness (QED) is 0.815. The van der Waals surface area contributed by atoms with Gasteiger partial charge in [0.2, 0.25) is 0 Å². The Bertz CT molecular complexity index is 429. The highest BCUT2D eigenvalue weighted by Crippen LogP contribution is 2.25. The number of carbonyl (C=O) groups is 1. The minimum Gasteiger partial charge on any atom is -0.478 e. The van der Waals surface area contributed by atoms with E-state index in [1.807, 2.05) is 0 Å². The molecule has 0 radical (unpaired) electrons. The van der Waals surface area contributed by atoms with Gasteiger partial charge in [0, 0.05) is 6.20 Å². The topological polar surface area (TPSA) is 70.2 Å². The average Bonchev–Trinajstić information content (AvgIpc) is 2.08. The highest BCUT2D eigenvalue weighted by Gasteiger charge is 2.22. The van der Waals surface area contributed by atoms with Crippen LogP contribution in [-0.4, -0.2) is 16.1 Å². The molecule has 76 valence electrons. The Balaban J connectivity index is 3.53. The first kappa shape index (κ1) is 11.1. The van der Waals surface area contributed by atoms with Crippen LogP contribution in [0.2, 0.25) is 0 Å². The summed E-state index contributed by atoms with van der Waals surface area (Å²) in [6.07, 6.45) is -2.20. The minimum absolute atomic E-state index is 0.294. The van der Waals surface area contributed by atoms with Gasteiger partial charge in [-0.2, -0.15) is 0 Å². The van der Waals surface area contributed by atoms with E-state index in [0.29, 0.717) is 0 Å². The number of alkyl halides is 2. The molecule has 0 atom stereocenters. The Morgan fingerprint density at radius 2 is 2.14 bits per heavy atom. The summed E-state index contributed by atoms with van der Waals surface area (Å²) >= 11 is 1.39. The molecular weight excluding hydrogens is 311 g/mol. The molecule has 7 heteroatoms. The maximum atomic E-state index is 12.4. The lowest BCUT2D eigenvalue weighted by Gasteiger charge is -2.05. The molecule has 4 nitrogen and oxygen atoms in total. The number of rotatable bonds is 2. The van der Waals surface area contributed by atoms with Crippen LogP contribution in [0.3, 0.4) is 0 Å². The van der Waals surface area contributed by atoms with Gasteiger partial charge < -0.3 is 10.1 Å². The van der Waals surface area contributed by atoms with E-state index in [-0.39, 0.29) is 3.57 Å². The highest BCUT2D eigenvalue weighted by atomic mass is 127. The van der Waals surface area contributed by atoms with Crippen LogP contribution >= 0.6 is 22.6 Å². The molecule has 0 saturated carbocycles. The number of pyridine rings is 1. The fourth-order valence-corrected chi connectivity index (χ4v) is 1.59. The molecule has 0 bridgehead atoms. The predicted molar refractivity (Wildman–Crippen MR) is 51.7 cm³/mol. The van der Waals surface area contributed by atoms with Crippen molar-refractivity contribution >= 4 is 28.6 Å². The molecule has 0 spiro atoms. The third-order valence-electron chi connectivity index (χ3n) is 1.52. The third kappa shape index (κ3) is 1.91. The molecule has 0 aliphatic heterocycles. The number of H-pyrrole nitrogens is 1. The van der Waals surface area contributed by atoms with Gasteiger partial charge in [0.1, 0.15) is 0 Å². The Hall–Kier alpha value is -0.990. The molecule has 1 aromatic heterocycles. The summed E-state index contributed by atoms with van der Waals surface area (Å²) in [5, 5.41) is 8.57. The van der Waals surface area contributed by atoms with Gasteiger partial charge in [-0.3, -0.25) is 4.79 Å². The van der Waals surface area contributed by atoms with Crippen molar-refractivity contribution in [3.05, 3.63) is 31.2 Å².